The van der Waals surface area contributed by atoms with Gasteiger partial charge in [0.25, 0.3) is 0 Å². The summed E-state index contributed by atoms with van der Waals surface area (Å²) in [6.45, 7) is 0.0881. The first-order valence-corrected chi connectivity index (χ1v) is 11.8. The molecule has 12 heteroatoms. The van der Waals surface area contributed by atoms with Gasteiger partial charge in [0.05, 0.1) is 28.8 Å². The second kappa shape index (κ2) is 12.0. The molecule has 8 nitrogen and oxygen atoms in total. The van der Waals surface area contributed by atoms with E-state index in [1.165, 1.54) is 12.3 Å². The van der Waals surface area contributed by atoms with E-state index in [-0.39, 0.29) is 27.1 Å². The quantitative estimate of drug-likeness (QED) is 0.169. The van der Waals surface area contributed by atoms with E-state index in [0.717, 1.165) is 17.6 Å². The van der Waals surface area contributed by atoms with E-state index >= 15 is 0 Å². The van der Waals surface area contributed by atoms with Crippen molar-refractivity contribution in [1.82, 2.24) is 14.5 Å². The Bertz CT molecular complexity index is 1360. The van der Waals surface area contributed by atoms with Crippen LogP contribution in [0, 0.1) is 6.92 Å². The molecule has 0 N–H and O–H groups in total. The summed E-state index contributed by atoms with van der Waals surface area (Å²) in [5.74, 6) is 0.0746. The minimum Gasteiger partial charge on any atom is -0.484 e. The standard InChI is InChI=1S/C25H22F3N3O5S.H2/c1-17-20(29-12-11-22(17)34-15-25(26,27)28)14-36-37-23-30-19-9-5-6-10-21(19)31(23)16-35-24(32)33-13-18-7-3-2-4-8-18;/h2-12H,13-16H2,1H3;1H. The van der Waals surface area contributed by atoms with Crippen molar-refractivity contribution in [3.8, 4) is 5.75 Å². The normalized spacial score (nSPS) is 11.5. The number of carbonyl (C=O) groups is 1. The van der Waals surface area contributed by atoms with Gasteiger partial charge in [0.1, 0.15) is 19.0 Å². The summed E-state index contributed by atoms with van der Waals surface area (Å²) >= 11 is 0.921. The molecular formula is C25H24F3N3O5S. The zero-order valence-electron chi connectivity index (χ0n) is 19.6. The number of benzene rings is 2. The van der Waals surface area contributed by atoms with Crippen molar-refractivity contribution < 1.29 is 37.8 Å². The number of carbonyl (C=O) groups excluding carboxylic acids is 1. The number of fused-ring (bicyclic) bond motifs is 1. The lowest BCUT2D eigenvalue weighted by atomic mass is 10.2. The first-order valence-electron chi connectivity index (χ1n) is 11.0. The van der Waals surface area contributed by atoms with Crippen molar-refractivity contribution >= 4 is 29.2 Å². The van der Waals surface area contributed by atoms with Crippen molar-refractivity contribution in [3.05, 3.63) is 83.7 Å². The van der Waals surface area contributed by atoms with Crippen LogP contribution in [0.5, 0.6) is 5.75 Å². The monoisotopic (exact) mass is 535 g/mol. The lowest BCUT2D eigenvalue weighted by molar-refractivity contribution is -0.153. The number of ether oxygens (including phenoxy) is 3. The molecule has 0 saturated heterocycles. The fraction of sp³-hybridized carbons (Fsp3) is 0.240. The Balaban J connectivity index is 0.00000400. The van der Waals surface area contributed by atoms with Gasteiger partial charge in [0, 0.05) is 13.2 Å². The van der Waals surface area contributed by atoms with Gasteiger partial charge in [-0.05, 0) is 30.7 Å². The van der Waals surface area contributed by atoms with Crippen LogP contribution in [0.2, 0.25) is 0 Å². The number of aromatic nitrogens is 3. The molecule has 196 valence electrons. The topological polar surface area (TPSA) is 84.7 Å². The molecule has 0 atom stereocenters. The molecule has 0 radical (unpaired) electrons. The van der Waals surface area contributed by atoms with Gasteiger partial charge >= 0.3 is 12.3 Å². The maximum absolute atomic E-state index is 12.5. The third-order valence-corrected chi connectivity index (χ3v) is 5.81. The Morgan fingerprint density at radius 1 is 1.03 bits per heavy atom. The van der Waals surface area contributed by atoms with E-state index in [9.17, 15) is 18.0 Å². The summed E-state index contributed by atoms with van der Waals surface area (Å²) < 4.78 is 60.2. The number of alkyl halides is 3. The minimum absolute atomic E-state index is 0. The maximum Gasteiger partial charge on any atom is 0.510 e. The Labute approximate surface area is 216 Å². The van der Waals surface area contributed by atoms with Gasteiger partial charge in [0.2, 0.25) is 0 Å². The molecule has 0 fully saturated rings. The van der Waals surface area contributed by atoms with Crippen LogP contribution in [-0.4, -0.2) is 33.5 Å². The molecule has 2 aromatic carbocycles. The molecule has 4 aromatic rings. The highest BCUT2D eigenvalue weighted by Gasteiger charge is 2.29. The van der Waals surface area contributed by atoms with Crippen LogP contribution in [0.25, 0.3) is 11.0 Å². The average molecular weight is 536 g/mol. The van der Waals surface area contributed by atoms with Crippen LogP contribution < -0.4 is 4.74 Å². The summed E-state index contributed by atoms with van der Waals surface area (Å²) in [6, 6.07) is 17.8. The Morgan fingerprint density at radius 3 is 2.57 bits per heavy atom. The zero-order valence-corrected chi connectivity index (χ0v) is 20.4. The van der Waals surface area contributed by atoms with Crippen LogP contribution in [0.4, 0.5) is 18.0 Å². The fourth-order valence-corrected chi connectivity index (χ4v) is 3.93. The van der Waals surface area contributed by atoms with Crippen LogP contribution in [0.1, 0.15) is 18.2 Å². The Morgan fingerprint density at radius 2 is 1.78 bits per heavy atom. The lowest BCUT2D eigenvalue weighted by Gasteiger charge is -2.13. The first kappa shape index (κ1) is 26.3. The molecule has 0 spiro atoms. The number of rotatable bonds is 10. The highest BCUT2D eigenvalue weighted by Crippen LogP contribution is 2.28. The lowest BCUT2D eigenvalue weighted by Crippen LogP contribution is -2.19. The predicted molar refractivity (Wildman–Crippen MR) is 131 cm³/mol. The van der Waals surface area contributed by atoms with Crippen LogP contribution >= 0.6 is 12.0 Å². The number of pyridine rings is 1. The molecule has 0 saturated carbocycles. The molecule has 0 aliphatic carbocycles. The number of hydrogen-bond acceptors (Lipinski definition) is 8. The third kappa shape index (κ3) is 7.37. The average Bonchev–Trinajstić information content (AvgIpc) is 3.24. The summed E-state index contributed by atoms with van der Waals surface area (Å²) in [5.41, 5.74) is 3.04. The molecule has 0 amide bonds. The smallest absolute Gasteiger partial charge is 0.484 e. The highest BCUT2D eigenvalue weighted by molar-refractivity contribution is 7.94. The number of halogens is 3. The molecule has 37 heavy (non-hydrogen) atoms. The predicted octanol–water partition coefficient (Wildman–Crippen LogP) is 6.46. The Hall–Kier alpha value is -3.77. The first-order chi connectivity index (χ1) is 17.8. The van der Waals surface area contributed by atoms with Crippen molar-refractivity contribution in [2.24, 2.45) is 0 Å². The zero-order chi connectivity index (χ0) is 26.3. The summed E-state index contributed by atoms with van der Waals surface area (Å²) in [7, 11) is 0. The molecule has 2 heterocycles. The van der Waals surface area contributed by atoms with Crippen LogP contribution in [0.3, 0.4) is 0 Å². The van der Waals surface area contributed by atoms with Crippen molar-refractivity contribution in [2.45, 2.75) is 38.2 Å². The summed E-state index contributed by atoms with van der Waals surface area (Å²) in [4.78, 5) is 20.8. The maximum atomic E-state index is 12.5. The highest BCUT2D eigenvalue weighted by atomic mass is 32.2. The van der Waals surface area contributed by atoms with Crippen molar-refractivity contribution in [1.29, 1.82) is 0 Å². The third-order valence-electron chi connectivity index (χ3n) is 5.11. The molecular weight excluding hydrogens is 511 g/mol. The molecule has 0 bridgehead atoms. The molecule has 2 aromatic heterocycles. The largest absolute Gasteiger partial charge is 0.510 e. The molecule has 4 rings (SSSR count). The van der Waals surface area contributed by atoms with Crippen LogP contribution in [0.15, 0.2) is 72.0 Å². The van der Waals surface area contributed by atoms with Gasteiger partial charge in [-0.3, -0.25) is 9.55 Å². The molecule has 0 aliphatic rings. The van der Waals surface area contributed by atoms with Gasteiger partial charge in [-0.2, -0.15) is 13.2 Å². The van der Waals surface area contributed by atoms with E-state index in [1.54, 1.807) is 17.6 Å². The van der Waals surface area contributed by atoms with Gasteiger partial charge in [-0.25, -0.2) is 9.78 Å². The number of para-hydroxylation sites is 2. The molecule has 0 aliphatic heterocycles. The summed E-state index contributed by atoms with van der Waals surface area (Å²) in [6.07, 6.45) is -3.93. The van der Waals surface area contributed by atoms with Gasteiger partial charge in [-0.1, -0.05) is 42.5 Å². The second-order valence-corrected chi connectivity index (χ2v) is 8.51. The van der Waals surface area contributed by atoms with E-state index in [2.05, 4.69) is 9.97 Å². The number of imidazole rings is 1. The van der Waals surface area contributed by atoms with Crippen LogP contribution in [-0.2, 0) is 33.6 Å². The second-order valence-electron chi connectivity index (χ2n) is 7.74. The number of nitrogens with zero attached hydrogens (tertiary/aromatic N) is 3. The minimum atomic E-state index is -4.45. The van der Waals surface area contributed by atoms with E-state index < -0.39 is 18.9 Å². The van der Waals surface area contributed by atoms with Gasteiger partial charge in [-0.15, -0.1) is 0 Å². The van der Waals surface area contributed by atoms with Gasteiger partial charge in [0.15, 0.2) is 18.5 Å². The molecule has 0 unspecified atom stereocenters. The SMILES string of the molecule is Cc1c(OCC(F)(F)F)ccnc1COSc1nc2ccccc2n1COC(=O)OCc1ccccc1.[HH]. The number of hydrogen-bond donors (Lipinski definition) is 0. The summed E-state index contributed by atoms with van der Waals surface area (Å²) in [5, 5.41) is 0.402. The fourth-order valence-electron chi connectivity index (χ4n) is 3.28. The van der Waals surface area contributed by atoms with Gasteiger partial charge < -0.3 is 18.4 Å². The van der Waals surface area contributed by atoms with E-state index in [0.29, 0.717) is 27.4 Å². The van der Waals surface area contributed by atoms with Crippen molar-refractivity contribution in [3.63, 3.8) is 0 Å². The van der Waals surface area contributed by atoms with Crippen molar-refractivity contribution in [2.75, 3.05) is 6.61 Å². The van der Waals surface area contributed by atoms with E-state index in [4.69, 9.17) is 18.4 Å². The Kier molecular flexibility index (Phi) is 8.51. The van der Waals surface area contributed by atoms with E-state index in [1.807, 2.05) is 48.5 Å².